The monoisotopic (exact) mass is 241 g/mol. The first-order chi connectivity index (χ1) is 8.22. The third-order valence-corrected chi connectivity index (χ3v) is 3.35. The van der Waals surface area contributed by atoms with Gasteiger partial charge in [-0.15, -0.1) is 0 Å². The van der Waals surface area contributed by atoms with E-state index in [1.165, 1.54) is 12.1 Å². The van der Waals surface area contributed by atoms with Gasteiger partial charge in [-0.2, -0.15) is 0 Å². The summed E-state index contributed by atoms with van der Waals surface area (Å²) in [4.78, 5) is 0. The molecule has 1 aliphatic rings. The van der Waals surface area contributed by atoms with E-state index in [0.29, 0.717) is 5.92 Å². The summed E-state index contributed by atoms with van der Waals surface area (Å²) in [7, 11) is 1.85. The highest BCUT2D eigenvalue weighted by Crippen LogP contribution is 2.30. The van der Waals surface area contributed by atoms with Gasteiger partial charge in [-0.1, -0.05) is 6.07 Å². The van der Waals surface area contributed by atoms with Crippen molar-refractivity contribution >= 4 is 0 Å². The third kappa shape index (κ3) is 2.82. The zero-order valence-electron chi connectivity index (χ0n) is 9.88. The fourth-order valence-electron chi connectivity index (χ4n) is 2.43. The normalized spacial score (nSPS) is 19.2. The van der Waals surface area contributed by atoms with Crippen LogP contribution in [0.4, 0.5) is 8.78 Å². The second-order valence-corrected chi connectivity index (χ2v) is 4.39. The summed E-state index contributed by atoms with van der Waals surface area (Å²) in [6.45, 7) is 1.49. The van der Waals surface area contributed by atoms with E-state index in [1.54, 1.807) is 6.07 Å². The van der Waals surface area contributed by atoms with Gasteiger partial charge in [-0.25, -0.2) is 8.78 Å². The van der Waals surface area contributed by atoms with Crippen LogP contribution in [0.15, 0.2) is 18.2 Å². The van der Waals surface area contributed by atoms with E-state index in [9.17, 15) is 8.78 Å². The predicted octanol–water partition coefficient (Wildman–Crippen LogP) is 2.65. The maximum atomic E-state index is 13.2. The fourth-order valence-corrected chi connectivity index (χ4v) is 2.43. The van der Waals surface area contributed by atoms with Crippen molar-refractivity contribution < 1.29 is 13.5 Å². The Hall–Kier alpha value is -1.00. The molecule has 0 spiro atoms. The molecule has 0 bridgehead atoms. The Morgan fingerprint density at radius 3 is 2.53 bits per heavy atom. The number of hydrogen-bond donors (Lipinski definition) is 1. The number of nitrogens with one attached hydrogen (secondary N) is 1. The summed E-state index contributed by atoms with van der Waals surface area (Å²) >= 11 is 0. The molecule has 0 saturated carbocycles. The number of hydrogen-bond acceptors (Lipinski definition) is 2. The van der Waals surface area contributed by atoms with Crippen molar-refractivity contribution in [3.05, 3.63) is 35.4 Å². The van der Waals surface area contributed by atoms with Crippen LogP contribution in [0.5, 0.6) is 0 Å². The first-order valence-electron chi connectivity index (χ1n) is 5.92. The van der Waals surface area contributed by atoms with E-state index in [4.69, 9.17) is 4.74 Å². The molecule has 94 valence electrons. The molecule has 0 aromatic heterocycles. The van der Waals surface area contributed by atoms with Gasteiger partial charge in [0.15, 0.2) is 11.6 Å². The molecule has 4 heteroatoms. The van der Waals surface area contributed by atoms with Crippen molar-refractivity contribution in [2.24, 2.45) is 5.92 Å². The Balaban J connectivity index is 2.18. The van der Waals surface area contributed by atoms with E-state index in [2.05, 4.69) is 5.32 Å². The Kier molecular flexibility index (Phi) is 4.07. The Bertz CT molecular complexity index is 378. The highest BCUT2D eigenvalue weighted by molar-refractivity contribution is 5.22. The van der Waals surface area contributed by atoms with Crippen molar-refractivity contribution in [1.82, 2.24) is 5.32 Å². The van der Waals surface area contributed by atoms with Gasteiger partial charge in [0, 0.05) is 19.3 Å². The molecule has 0 amide bonds. The molecule has 0 aliphatic carbocycles. The van der Waals surface area contributed by atoms with Crippen LogP contribution in [-0.4, -0.2) is 20.3 Å². The molecular weight excluding hydrogens is 224 g/mol. The van der Waals surface area contributed by atoms with E-state index in [1.807, 2.05) is 7.05 Å². The van der Waals surface area contributed by atoms with Crippen LogP contribution >= 0.6 is 0 Å². The zero-order chi connectivity index (χ0) is 12.3. The summed E-state index contributed by atoms with van der Waals surface area (Å²) in [5.41, 5.74) is 0.804. The molecule has 1 fully saturated rings. The second kappa shape index (κ2) is 5.56. The number of ether oxygens (including phenoxy) is 1. The van der Waals surface area contributed by atoms with E-state index >= 15 is 0 Å². The molecule has 1 N–H and O–H groups in total. The summed E-state index contributed by atoms with van der Waals surface area (Å²) < 4.78 is 31.4. The molecule has 1 heterocycles. The lowest BCUT2D eigenvalue weighted by atomic mass is 9.87. The predicted molar refractivity (Wildman–Crippen MR) is 61.7 cm³/mol. The summed E-state index contributed by atoms with van der Waals surface area (Å²) in [5, 5.41) is 3.19. The maximum Gasteiger partial charge on any atom is 0.159 e. The van der Waals surface area contributed by atoms with E-state index in [0.717, 1.165) is 31.6 Å². The minimum absolute atomic E-state index is 0.0639. The van der Waals surface area contributed by atoms with Gasteiger partial charge in [0.1, 0.15) is 0 Å². The second-order valence-electron chi connectivity index (χ2n) is 4.39. The Labute approximate surface area is 100.0 Å². The Morgan fingerprint density at radius 2 is 1.94 bits per heavy atom. The van der Waals surface area contributed by atoms with Gasteiger partial charge < -0.3 is 10.1 Å². The molecule has 0 radical (unpaired) electrons. The molecule has 1 aromatic carbocycles. The molecule has 1 saturated heterocycles. The molecule has 2 nitrogen and oxygen atoms in total. The lowest BCUT2D eigenvalue weighted by Crippen LogP contribution is -2.30. The van der Waals surface area contributed by atoms with Gasteiger partial charge in [-0.3, -0.25) is 0 Å². The standard InChI is InChI=1S/C13H17F2NO/c1-16-13(9-4-6-17-7-5-9)10-2-3-11(14)12(15)8-10/h2-3,8-9,13,16H,4-7H2,1H3. The quantitative estimate of drug-likeness (QED) is 0.878. The van der Waals surface area contributed by atoms with Crippen molar-refractivity contribution in [2.45, 2.75) is 18.9 Å². The number of rotatable bonds is 3. The van der Waals surface area contributed by atoms with E-state index < -0.39 is 11.6 Å². The highest BCUT2D eigenvalue weighted by atomic mass is 19.2. The van der Waals surface area contributed by atoms with Crippen LogP contribution in [-0.2, 0) is 4.74 Å². The lowest BCUT2D eigenvalue weighted by Gasteiger charge is -2.30. The van der Waals surface area contributed by atoms with Gasteiger partial charge in [-0.05, 0) is 43.5 Å². The molecule has 1 aliphatic heterocycles. The SMILES string of the molecule is CNC(c1ccc(F)c(F)c1)C1CCOCC1. The lowest BCUT2D eigenvalue weighted by molar-refractivity contribution is 0.0546. The smallest absolute Gasteiger partial charge is 0.159 e. The van der Waals surface area contributed by atoms with Crippen LogP contribution in [0, 0.1) is 17.6 Å². The van der Waals surface area contributed by atoms with Crippen LogP contribution in [0.1, 0.15) is 24.4 Å². The highest BCUT2D eigenvalue weighted by Gasteiger charge is 2.24. The summed E-state index contributed by atoms with van der Waals surface area (Å²) in [6.07, 6.45) is 1.90. The number of benzene rings is 1. The van der Waals surface area contributed by atoms with Gasteiger partial charge in [0.25, 0.3) is 0 Å². The summed E-state index contributed by atoms with van der Waals surface area (Å²) in [6, 6.07) is 4.18. The Morgan fingerprint density at radius 1 is 1.24 bits per heavy atom. The summed E-state index contributed by atoms with van der Waals surface area (Å²) in [5.74, 6) is -1.16. The topological polar surface area (TPSA) is 21.3 Å². The van der Waals surface area contributed by atoms with Crippen molar-refractivity contribution in [3.63, 3.8) is 0 Å². The van der Waals surface area contributed by atoms with Crippen LogP contribution in [0.2, 0.25) is 0 Å². The minimum atomic E-state index is -0.796. The van der Waals surface area contributed by atoms with Crippen molar-refractivity contribution in [1.29, 1.82) is 0 Å². The largest absolute Gasteiger partial charge is 0.381 e. The maximum absolute atomic E-state index is 13.2. The van der Waals surface area contributed by atoms with Gasteiger partial charge >= 0.3 is 0 Å². The van der Waals surface area contributed by atoms with Gasteiger partial charge in [0.05, 0.1) is 0 Å². The van der Waals surface area contributed by atoms with Crippen LogP contribution < -0.4 is 5.32 Å². The first-order valence-corrected chi connectivity index (χ1v) is 5.92. The molecule has 1 aromatic rings. The third-order valence-electron chi connectivity index (χ3n) is 3.35. The van der Waals surface area contributed by atoms with Crippen LogP contribution in [0.3, 0.4) is 0 Å². The molecular formula is C13H17F2NO. The van der Waals surface area contributed by atoms with E-state index in [-0.39, 0.29) is 6.04 Å². The van der Waals surface area contributed by atoms with Crippen molar-refractivity contribution in [2.75, 3.05) is 20.3 Å². The molecule has 1 atom stereocenters. The van der Waals surface area contributed by atoms with Crippen molar-refractivity contribution in [3.8, 4) is 0 Å². The molecule has 1 unspecified atom stereocenters. The molecule has 2 rings (SSSR count). The number of halogens is 2. The average molecular weight is 241 g/mol. The average Bonchev–Trinajstić information content (AvgIpc) is 2.36. The van der Waals surface area contributed by atoms with Crippen LogP contribution in [0.25, 0.3) is 0 Å². The minimum Gasteiger partial charge on any atom is -0.381 e. The molecule has 17 heavy (non-hydrogen) atoms. The fraction of sp³-hybridized carbons (Fsp3) is 0.538. The zero-order valence-corrected chi connectivity index (χ0v) is 9.88. The van der Waals surface area contributed by atoms with Gasteiger partial charge in [0.2, 0.25) is 0 Å². The first kappa shape index (κ1) is 12.5.